The van der Waals surface area contributed by atoms with Gasteiger partial charge in [0.1, 0.15) is 0 Å². The fourth-order valence-corrected chi connectivity index (χ4v) is 2.29. The van der Waals surface area contributed by atoms with Gasteiger partial charge in [0, 0.05) is 19.6 Å². The lowest BCUT2D eigenvalue weighted by molar-refractivity contribution is -0.134. The highest BCUT2D eigenvalue weighted by Gasteiger charge is 2.23. The summed E-state index contributed by atoms with van der Waals surface area (Å²) in [6, 6.07) is 0. The zero-order valence-electron chi connectivity index (χ0n) is 9.53. The monoisotopic (exact) mass is 210 g/mol. The van der Waals surface area contributed by atoms with E-state index in [0.717, 1.165) is 32.0 Å². The van der Waals surface area contributed by atoms with Crippen molar-refractivity contribution in [2.24, 2.45) is 5.92 Å². The van der Waals surface area contributed by atoms with Crippen LogP contribution in [-0.4, -0.2) is 36.1 Å². The molecule has 1 amide bonds. The van der Waals surface area contributed by atoms with E-state index in [2.05, 4.69) is 5.01 Å². The van der Waals surface area contributed by atoms with Crippen molar-refractivity contribution in [1.82, 2.24) is 10.0 Å². The zero-order chi connectivity index (χ0) is 10.5. The van der Waals surface area contributed by atoms with E-state index in [4.69, 9.17) is 0 Å². The Bertz CT molecular complexity index is 196. The highest BCUT2D eigenvalue weighted by molar-refractivity contribution is 5.46. The Hall–Kier alpha value is -0.570. The van der Waals surface area contributed by atoms with Crippen LogP contribution in [0, 0.1) is 5.92 Å². The number of hydrogen-bond donors (Lipinski definition) is 0. The Morgan fingerprint density at radius 3 is 2.33 bits per heavy atom. The topological polar surface area (TPSA) is 23.6 Å². The van der Waals surface area contributed by atoms with E-state index < -0.39 is 0 Å². The molecule has 1 aliphatic heterocycles. The summed E-state index contributed by atoms with van der Waals surface area (Å²) in [6.07, 6.45) is 10.1. The van der Waals surface area contributed by atoms with Crippen molar-refractivity contribution in [3.63, 3.8) is 0 Å². The second-order valence-electron chi connectivity index (χ2n) is 4.87. The molecule has 15 heavy (non-hydrogen) atoms. The van der Waals surface area contributed by atoms with E-state index in [1.165, 1.54) is 44.9 Å². The molecule has 0 N–H and O–H groups in total. The molecule has 1 aliphatic carbocycles. The summed E-state index contributed by atoms with van der Waals surface area (Å²) >= 11 is 0. The third-order valence-corrected chi connectivity index (χ3v) is 3.53. The minimum Gasteiger partial charge on any atom is -0.278 e. The minimum absolute atomic E-state index is 0.916. The molecule has 0 radical (unpaired) electrons. The summed E-state index contributed by atoms with van der Waals surface area (Å²) in [7, 11) is 0. The van der Waals surface area contributed by atoms with Gasteiger partial charge in [-0.05, 0) is 25.2 Å². The van der Waals surface area contributed by atoms with E-state index in [-0.39, 0.29) is 0 Å². The van der Waals surface area contributed by atoms with Gasteiger partial charge < -0.3 is 0 Å². The molecule has 86 valence electrons. The highest BCUT2D eigenvalue weighted by atomic mass is 16.1. The number of hydrogen-bond acceptors (Lipinski definition) is 2. The molecule has 2 aliphatic rings. The van der Waals surface area contributed by atoms with E-state index >= 15 is 0 Å². The maximum atomic E-state index is 11.0. The molecule has 1 saturated carbocycles. The summed E-state index contributed by atoms with van der Waals surface area (Å²) in [5.41, 5.74) is 0. The summed E-state index contributed by atoms with van der Waals surface area (Å²) in [5, 5.41) is 4.17. The van der Waals surface area contributed by atoms with Gasteiger partial charge in [0.2, 0.25) is 6.41 Å². The molecule has 0 aromatic heterocycles. The molecular formula is C12H22N2O. The van der Waals surface area contributed by atoms with Crippen molar-refractivity contribution in [3.05, 3.63) is 0 Å². The van der Waals surface area contributed by atoms with Gasteiger partial charge in [-0.15, -0.1) is 0 Å². The highest BCUT2D eigenvalue weighted by Crippen LogP contribution is 2.32. The first-order valence-electron chi connectivity index (χ1n) is 6.37. The largest absolute Gasteiger partial charge is 0.278 e. The normalized spacial score (nSPS) is 23.5. The first kappa shape index (κ1) is 10.9. The Labute approximate surface area is 92.4 Å². The third-order valence-electron chi connectivity index (χ3n) is 3.53. The molecule has 0 unspecified atom stereocenters. The third kappa shape index (κ3) is 3.49. The first-order valence-corrected chi connectivity index (χ1v) is 6.37. The smallest absolute Gasteiger partial charge is 0.224 e. The Morgan fingerprint density at radius 1 is 1.13 bits per heavy atom. The van der Waals surface area contributed by atoms with E-state index in [1.807, 2.05) is 5.01 Å². The number of amides is 1. The van der Waals surface area contributed by atoms with Crippen molar-refractivity contribution in [2.75, 3.05) is 19.6 Å². The second-order valence-corrected chi connectivity index (χ2v) is 4.87. The predicted octanol–water partition coefficient (Wildman–Crippen LogP) is 2.04. The van der Waals surface area contributed by atoms with E-state index in [0.29, 0.717) is 0 Å². The fraction of sp³-hybridized carbons (Fsp3) is 0.917. The molecule has 0 aromatic rings. The molecule has 1 heterocycles. The van der Waals surface area contributed by atoms with Crippen LogP contribution in [0.15, 0.2) is 0 Å². The SMILES string of the molecule is O=CN(CCC1CC1)N1CCCCCC1. The lowest BCUT2D eigenvalue weighted by Gasteiger charge is -2.30. The molecule has 3 nitrogen and oxygen atoms in total. The maximum Gasteiger partial charge on any atom is 0.224 e. The molecule has 2 rings (SSSR count). The van der Waals surface area contributed by atoms with Gasteiger partial charge in [0.05, 0.1) is 0 Å². The van der Waals surface area contributed by atoms with E-state index in [1.54, 1.807) is 0 Å². The van der Waals surface area contributed by atoms with Crippen LogP contribution >= 0.6 is 0 Å². The molecule has 0 aromatic carbocycles. The summed E-state index contributed by atoms with van der Waals surface area (Å²) in [4.78, 5) is 11.0. The van der Waals surface area contributed by atoms with Crippen molar-refractivity contribution in [2.45, 2.75) is 44.9 Å². The Kier molecular flexibility index (Phi) is 4.01. The summed E-state index contributed by atoms with van der Waals surface area (Å²) in [6.45, 7) is 3.08. The first-order chi connectivity index (χ1) is 7.40. The Balaban J connectivity index is 1.76. The van der Waals surface area contributed by atoms with Gasteiger partial charge in [0.15, 0.2) is 0 Å². The molecular weight excluding hydrogens is 188 g/mol. The predicted molar refractivity (Wildman–Crippen MR) is 60.2 cm³/mol. The number of carbonyl (C=O) groups is 1. The lowest BCUT2D eigenvalue weighted by Crippen LogP contribution is -2.43. The summed E-state index contributed by atoms with van der Waals surface area (Å²) in [5.74, 6) is 0.916. The molecule has 2 fully saturated rings. The number of carbonyl (C=O) groups excluding carboxylic acids is 1. The lowest BCUT2D eigenvalue weighted by atomic mass is 10.2. The Morgan fingerprint density at radius 2 is 1.80 bits per heavy atom. The van der Waals surface area contributed by atoms with Gasteiger partial charge in [-0.3, -0.25) is 9.80 Å². The van der Waals surface area contributed by atoms with Gasteiger partial charge in [-0.2, -0.15) is 0 Å². The maximum absolute atomic E-state index is 11.0. The molecule has 0 spiro atoms. The van der Waals surface area contributed by atoms with Crippen molar-refractivity contribution < 1.29 is 4.79 Å². The molecule has 1 saturated heterocycles. The van der Waals surface area contributed by atoms with Crippen LogP contribution < -0.4 is 0 Å². The molecule has 0 bridgehead atoms. The van der Waals surface area contributed by atoms with Gasteiger partial charge >= 0.3 is 0 Å². The van der Waals surface area contributed by atoms with Crippen LogP contribution in [0.5, 0.6) is 0 Å². The van der Waals surface area contributed by atoms with E-state index in [9.17, 15) is 4.79 Å². The van der Waals surface area contributed by atoms with Crippen molar-refractivity contribution >= 4 is 6.41 Å². The van der Waals surface area contributed by atoms with Crippen molar-refractivity contribution in [1.29, 1.82) is 0 Å². The number of nitrogens with zero attached hydrogens (tertiary/aromatic N) is 2. The average molecular weight is 210 g/mol. The van der Waals surface area contributed by atoms with Crippen LogP contribution in [-0.2, 0) is 4.79 Å². The molecule has 3 heteroatoms. The average Bonchev–Trinajstić information content (AvgIpc) is 3.05. The molecule has 0 atom stereocenters. The van der Waals surface area contributed by atoms with Crippen molar-refractivity contribution in [3.8, 4) is 0 Å². The van der Waals surface area contributed by atoms with Gasteiger partial charge in [-0.25, -0.2) is 5.01 Å². The van der Waals surface area contributed by atoms with Crippen LogP contribution in [0.4, 0.5) is 0 Å². The van der Waals surface area contributed by atoms with Crippen LogP contribution in [0.3, 0.4) is 0 Å². The zero-order valence-corrected chi connectivity index (χ0v) is 9.53. The van der Waals surface area contributed by atoms with Gasteiger partial charge in [0.25, 0.3) is 0 Å². The minimum atomic E-state index is 0.916. The van der Waals surface area contributed by atoms with Crippen LogP contribution in [0.25, 0.3) is 0 Å². The second kappa shape index (κ2) is 5.50. The quantitative estimate of drug-likeness (QED) is 0.648. The summed E-state index contributed by atoms with van der Waals surface area (Å²) < 4.78 is 0. The number of rotatable bonds is 5. The van der Waals surface area contributed by atoms with Gasteiger partial charge in [-0.1, -0.05) is 25.7 Å². The number of hydrazine groups is 1. The fourth-order valence-electron chi connectivity index (χ4n) is 2.29. The van der Waals surface area contributed by atoms with Crippen LogP contribution in [0.1, 0.15) is 44.9 Å². The standard InChI is InChI=1S/C12H22N2O/c15-11-14(10-7-12-5-6-12)13-8-3-1-2-4-9-13/h11-12H,1-10H2. The van der Waals surface area contributed by atoms with Crippen LogP contribution in [0.2, 0.25) is 0 Å².